The van der Waals surface area contributed by atoms with Gasteiger partial charge in [-0.3, -0.25) is 9.78 Å². The van der Waals surface area contributed by atoms with Gasteiger partial charge in [0.25, 0.3) is 5.91 Å². The second-order valence-electron chi connectivity index (χ2n) is 6.74. The molecule has 4 N–H and O–H groups in total. The first-order chi connectivity index (χ1) is 14.2. The summed E-state index contributed by atoms with van der Waals surface area (Å²) >= 11 is 1.64. The molecule has 2 aromatic rings. The maximum Gasteiger partial charge on any atom is 0.309 e. The Bertz CT molecular complexity index is 906. The summed E-state index contributed by atoms with van der Waals surface area (Å²) in [5, 5.41) is 23.7. The number of aromatic nitrogens is 2. The van der Waals surface area contributed by atoms with Crippen molar-refractivity contribution >= 4 is 33.7 Å². The van der Waals surface area contributed by atoms with Crippen LogP contribution in [0.4, 0.5) is 6.01 Å². The Hall–Kier alpha value is -2.15. The SMILES string of the molecule is CSCCCC(O)C(O)C(Cc1ccncc1)NC(=O)c1coc(NS(C)(=O)=O)n1. The zero-order valence-electron chi connectivity index (χ0n) is 16.7. The van der Waals surface area contributed by atoms with Crippen LogP contribution in [0.2, 0.25) is 0 Å². The number of thioether (sulfide) groups is 1. The van der Waals surface area contributed by atoms with E-state index in [0.29, 0.717) is 6.42 Å². The molecule has 0 aliphatic heterocycles. The third-order valence-electron chi connectivity index (χ3n) is 4.19. The zero-order valence-corrected chi connectivity index (χ0v) is 18.3. The van der Waals surface area contributed by atoms with Crippen LogP contribution in [0.15, 0.2) is 35.2 Å². The van der Waals surface area contributed by atoms with Gasteiger partial charge in [0.2, 0.25) is 10.0 Å². The second-order valence-corrected chi connectivity index (χ2v) is 9.48. The maximum atomic E-state index is 12.6. The molecule has 1 amide bonds. The first-order valence-electron chi connectivity index (χ1n) is 9.17. The fraction of sp³-hybridized carbons (Fsp3) is 0.500. The molecule has 3 unspecified atom stereocenters. The number of nitrogens with zero attached hydrogens (tertiary/aromatic N) is 2. The molecule has 0 bridgehead atoms. The molecule has 0 aliphatic carbocycles. The highest BCUT2D eigenvalue weighted by atomic mass is 32.2. The summed E-state index contributed by atoms with van der Waals surface area (Å²) in [5.41, 5.74) is 0.648. The topological polar surface area (TPSA) is 155 Å². The summed E-state index contributed by atoms with van der Waals surface area (Å²) in [7, 11) is -3.61. The number of amides is 1. The highest BCUT2D eigenvalue weighted by molar-refractivity contribution is 7.98. The number of aliphatic hydroxyl groups excluding tert-OH is 2. The third kappa shape index (κ3) is 7.94. The molecule has 0 saturated heterocycles. The van der Waals surface area contributed by atoms with E-state index < -0.39 is 34.2 Å². The van der Waals surface area contributed by atoms with Gasteiger partial charge in [-0.2, -0.15) is 16.7 Å². The minimum atomic E-state index is -3.61. The largest absolute Gasteiger partial charge is 0.431 e. The fourth-order valence-electron chi connectivity index (χ4n) is 2.73. The van der Waals surface area contributed by atoms with E-state index >= 15 is 0 Å². The van der Waals surface area contributed by atoms with E-state index in [0.717, 1.165) is 30.3 Å². The summed E-state index contributed by atoms with van der Waals surface area (Å²) < 4.78 is 29.5. The molecular weight excluding hydrogens is 432 g/mol. The standard InChI is InChI=1S/C18H26N4O6S2/c1-29-9-3-4-15(23)16(24)13(10-12-5-7-19-8-6-12)20-17(25)14-11-28-18(21-14)22-30(2,26)27/h5-8,11,13,15-16,23-24H,3-4,9-10H2,1-2H3,(H,20,25)(H,21,22). The van der Waals surface area contributed by atoms with E-state index in [4.69, 9.17) is 4.42 Å². The first kappa shape index (κ1) is 24.1. The molecule has 2 heterocycles. The number of pyridine rings is 1. The number of carbonyl (C=O) groups excluding carboxylic acids is 1. The van der Waals surface area contributed by atoms with Crippen LogP contribution in [-0.2, 0) is 16.4 Å². The van der Waals surface area contributed by atoms with Crippen molar-refractivity contribution in [2.75, 3.05) is 23.0 Å². The number of hydrogen-bond acceptors (Lipinski definition) is 9. The normalized spacial score (nSPS) is 14.7. The van der Waals surface area contributed by atoms with Gasteiger partial charge in [-0.25, -0.2) is 13.1 Å². The van der Waals surface area contributed by atoms with Gasteiger partial charge < -0.3 is 19.9 Å². The minimum Gasteiger partial charge on any atom is -0.431 e. The lowest BCUT2D eigenvalue weighted by Crippen LogP contribution is -2.50. The third-order valence-corrected chi connectivity index (χ3v) is 5.43. The van der Waals surface area contributed by atoms with E-state index in [1.54, 1.807) is 36.3 Å². The van der Waals surface area contributed by atoms with Gasteiger partial charge in [-0.1, -0.05) is 0 Å². The van der Waals surface area contributed by atoms with E-state index in [2.05, 4.69) is 15.3 Å². The Kier molecular flexibility index (Phi) is 9.08. The molecule has 2 aromatic heterocycles. The number of anilines is 1. The highest BCUT2D eigenvalue weighted by Gasteiger charge is 2.29. The van der Waals surface area contributed by atoms with Crippen molar-refractivity contribution in [1.29, 1.82) is 0 Å². The molecule has 0 spiro atoms. The van der Waals surface area contributed by atoms with Crippen molar-refractivity contribution < 1.29 is 27.8 Å². The number of hydrogen-bond donors (Lipinski definition) is 4. The summed E-state index contributed by atoms with van der Waals surface area (Å²) in [6.45, 7) is 0. The van der Waals surface area contributed by atoms with Crippen LogP contribution >= 0.6 is 11.8 Å². The number of nitrogens with one attached hydrogen (secondary N) is 2. The second kappa shape index (κ2) is 11.3. The monoisotopic (exact) mass is 458 g/mol. The molecule has 0 aromatic carbocycles. The van der Waals surface area contributed by atoms with Crippen molar-refractivity contribution in [1.82, 2.24) is 15.3 Å². The van der Waals surface area contributed by atoms with Crippen molar-refractivity contribution in [3.05, 3.63) is 42.0 Å². The summed E-state index contributed by atoms with van der Waals surface area (Å²) in [5.74, 6) is 0.176. The molecule has 0 aliphatic rings. The van der Waals surface area contributed by atoms with Crippen molar-refractivity contribution in [2.24, 2.45) is 0 Å². The predicted molar refractivity (Wildman–Crippen MR) is 114 cm³/mol. The van der Waals surface area contributed by atoms with Crippen molar-refractivity contribution in [3.63, 3.8) is 0 Å². The number of oxazole rings is 1. The van der Waals surface area contributed by atoms with Crippen LogP contribution in [0.25, 0.3) is 0 Å². The van der Waals surface area contributed by atoms with Gasteiger partial charge in [0, 0.05) is 12.4 Å². The quantitative estimate of drug-likeness (QED) is 0.335. The van der Waals surface area contributed by atoms with Gasteiger partial charge in [0.1, 0.15) is 12.4 Å². The smallest absolute Gasteiger partial charge is 0.309 e. The summed E-state index contributed by atoms with van der Waals surface area (Å²) in [4.78, 5) is 20.3. The van der Waals surface area contributed by atoms with Crippen LogP contribution in [0.5, 0.6) is 0 Å². The maximum absolute atomic E-state index is 12.6. The molecule has 30 heavy (non-hydrogen) atoms. The van der Waals surface area contributed by atoms with Gasteiger partial charge in [-0.05, 0) is 49.0 Å². The molecule has 166 valence electrons. The molecule has 3 atom stereocenters. The first-order valence-corrected chi connectivity index (χ1v) is 12.5. The molecule has 0 radical (unpaired) electrons. The molecule has 2 rings (SSSR count). The van der Waals surface area contributed by atoms with E-state index in [1.165, 1.54) is 0 Å². The Balaban J connectivity index is 2.12. The van der Waals surface area contributed by atoms with Crippen molar-refractivity contribution in [3.8, 4) is 0 Å². The van der Waals surface area contributed by atoms with Crippen LogP contribution < -0.4 is 10.0 Å². The van der Waals surface area contributed by atoms with E-state index in [1.807, 2.05) is 11.0 Å². The Morgan fingerprint density at radius 2 is 2.00 bits per heavy atom. The fourth-order valence-corrected chi connectivity index (χ4v) is 3.60. The van der Waals surface area contributed by atoms with Crippen molar-refractivity contribution in [2.45, 2.75) is 37.5 Å². The number of carbonyl (C=O) groups is 1. The van der Waals surface area contributed by atoms with Gasteiger partial charge >= 0.3 is 6.01 Å². The molecule has 0 fully saturated rings. The summed E-state index contributed by atoms with van der Waals surface area (Å²) in [6, 6.07) is 2.34. The van der Waals surface area contributed by atoms with E-state index in [-0.39, 0.29) is 18.1 Å². The van der Waals surface area contributed by atoms with Gasteiger partial charge in [-0.15, -0.1) is 0 Å². The Labute approximate surface area is 179 Å². The minimum absolute atomic E-state index is 0.162. The highest BCUT2D eigenvalue weighted by Crippen LogP contribution is 2.15. The molecule has 0 saturated carbocycles. The van der Waals surface area contributed by atoms with Gasteiger partial charge in [0.15, 0.2) is 5.69 Å². The van der Waals surface area contributed by atoms with Gasteiger partial charge in [0.05, 0.1) is 18.4 Å². The number of rotatable bonds is 12. The average Bonchev–Trinajstić information content (AvgIpc) is 3.14. The Morgan fingerprint density at radius 1 is 1.30 bits per heavy atom. The van der Waals surface area contributed by atoms with Crippen LogP contribution in [0.3, 0.4) is 0 Å². The lowest BCUT2D eigenvalue weighted by molar-refractivity contribution is -0.00735. The lowest BCUT2D eigenvalue weighted by atomic mass is 9.96. The molecule has 10 nitrogen and oxygen atoms in total. The summed E-state index contributed by atoms with van der Waals surface area (Å²) in [6.07, 6.45) is 6.20. The molecule has 12 heteroatoms. The predicted octanol–water partition coefficient (Wildman–Crippen LogP) is 0.647. The Morgan fingerprint density at radius 3 is 2.63 bits per heavy atom. The average molecular weight is 459 g/mol. The van der Waals surface area contributed by atoms with E-state index in [9.17, 15) is 23.4 Å². The zero-order chi connectivity index (χ0) is 22.1. The van der Waals surface area contributed by atoms with Crippen LogP contribution in [-0.4, -0.2) is 71.0 Å². The lowest BCUT2D eigenvalue weighted by Gasteiger charge is -2.27. The van der Waals surface area contributed by atoms with Crippen LogP contribution in [0, 0.1) is 0 Å². The molecular formula is C18H26N4O6S2. The van der Waals surface area contributed by atoms with Crippen LogP contribution in [0.1, 0.15) is 28.9 Å². The number of aliphatic hydroxyl groups is 2. The number of sulfonamides is 1.